The molecule has 0 heterocycles. The quantitative estimate of drug-likeness (QED) is 0.371. The van der Waals surface area contributed by atoms with Gasteiger partial charge < -0.3 is 20.3 Å². The Morgan fingerprint density at radius 1 is 1.19 bits per heavy atom. The molecule has 0 bridgehead atoms. The molecule has 3 N–H and O–H groups in total. The van der Waals surface area contributed by atoms with Crippen molar-refractivity contribution in [2.45, 2.75) is 46.0 Å². The maximum absolute atomic E-state index is 9.10. The number of aryl methyl sites for hydroxylation is 1. The first-order valence-electron chi connectivity index (χ1n) is 8.62. The number of aliphatic carboxylic acids is 2. The number of para-hydroxylation sites is 1. The zero-order valence-corrected chi connectivity index (χ0v) is 16.2. The summed E-state index contributed by atoms with van der Waals surface area (Å²) >= 11 is 0. The van der Waals surface area contributed by atoms with Crippen molar-refractivity contribution in [3.63, 3.8) is 0 Å². The number of rotatable bonds is 8. The number of nitrogens with one attached hydrogen (secondary N) is 1. The molecule has 26 heavy (non-hydrogen) atoms. The van der Waals surface area contributed by atoms with Crippen molar-refractivity contribution in [2.24, 2.45) is 0 Å². The van der Waals surface area contributed by atoms with E-state index in [1.165, 1.54) is 11.1 Å². The van der Waals surface area contributed by atoms with Gasteiger partial charge in [0.15, 0.2) is 0 Å². The molecule has 0 aliphatic rings. The van der Waals surface area contributed by atoms with Gasteiger partial charge in [0, 0.05) is 6.54 Å². The Hall–Kier alpha value is -2.34. The normalized spacial score (nSPS) is 10.5. The average molecular weight is 365 g/mol. The molecule has 0 aliphatic heterocycles. The van der Waals surface area contributed by atoms with Crippen LogP contribution < -0.4 is 10.1 Å². The minimum absolute atomic E-state index is 0.118. The van der Waals surface area contributed by atoms with Gasteiger partial charge >= 0.3 is 11.9 Å². The molecule has 6 nitrogen and oxygen atoms in total. The molecule has 0 saturated carbocycles. The van der Waals surface area contributed by atoms with Gasteiger partial charge in [-0.1, -0.05) is 45.0 Å². The summed E-state index contributed by atoms with van der Waals surface area (Å²) in [5.74, 6) is -2.58. The van der Waals surface area contributed by atoms with E-state index in [1.54, 1.807) is 0 Å². The van der Waals surface area contributed by atoms with E-state index in [9.17, 15) is 0 Å². The third-order valence-electron chi connectivity index (χ3n) is 3.49. The molecule has 0 atom stereocenters. The molecule has 0 spiro atoms. The summed E-state index contributed by atoms with van der Waals surface area (Å²) in [7, 11) is 0. The Morgan fingerprint density at radius 2 is 1.81 bits per heavy atom. The summed E-state index contributed by atoms with van der Waals surface area (Å²) in [6.45, 7) is 15.2. The third kappa shape index (κ3) is 9.84. The first-order chi connectivity index (χ1) is 12.1. The van der Waals surface area contributed by atoms with Crippen molar-refractivity contribution in [1.29, 1.82) is 0 Å². The molecular weight excluding hydrogens is 334 g/mol. The molecular formula is C20H31NO5. The van der Waals surface area contributed by atoms with Gasteiger partial charge in [-0.15, -0.1) is 6.58 Å². The summed E-state index contributed by atoms with van der Waals surface area (Å²) in [6, 6.07) is 6.41. The molecule has 0 amide bonds. The van der Waals surface area contributed by atoms with Crippen LogP contribution in [0.1, 0.15) is 44.7 Å². The summed E-state index contributed by atoms with van der Waals surface area (Å²) < 4.78 is 6.05. The van der Waals surface area contributed by atoms with Crippen LogP contribution in [0.4, 0.5) is 0 Å². The van der Waals surface area contributed by atoms with Gasteiger partial charge in [0.25, 0.3) is 0 Å². The van der Waals surface area contributed by atoms with Crippen LogP contribution in [0.2, 0.25) is 0 Å². The van der Waals surface area contributed by atoms with Crippen molar-refractivity contribution in [1.82, 2.24) is 5.32 Å². The first-order valence-corrected chi connectivity index (χ1v) is 8.62. The van der Waals surface area contributed by atoms with Crippen LogP contribution in [0.15, 0.2) is 30.9 Å². The molecule has 1 aromatic rings. The molecule has 0 fully saturated rings. The van der Waals surface area contributed by atoms with E-state index < -0.39 is 11.9 Å². The Morgan fingerprint density at radius 3 is 2.31 bits per heavy atom. The van der Waals surface area contributed by atoms with Crippen molar-refractivity contribution >= 4 is 11.9 Å². The second-order valence-electron chi connectivity index (χ2n) is 6.86. The molecule has 0 unspecified atom stereocenters. The number of hydrogen-bond acceptors (Lipinski definition) is 4. The highest BCUT2D eigenvalue weighted by atomic mass is 16.5. The maximum atomic E-state index is 9.10. The van der Waals surface area contributed by atoms with Crippen LogP contribution in [0, 0.1) is 6.92 Å². The van der Waals surface area contributed by atoms with E-state index in [2.05, 4.69) is 57.8 Å². The third-order valence-corrected chi connectivity index (χ3v) is 3.49. The molecule has 1 aromatic carbocycles. The molecule has 0 aliphatic carbocycles. The lowest BCUT2D eigenvalue weighted by atomic mass is 9.85. The monoisotopic (exact) mass is 365 g/mol. The summed E-state index contributed by atoms with van der Waals surface area (Å²) in [5, 5.41) is 18.1. The van der Waals surface area contributed by atoms with E-state index in [1.807, 2.05) is 6.08 Å². The Kier molecular flexibility index (Phi) is 11.0. The number of hydrogen-bond donors (Lipinski definition) is 3. The highest BCUT2D eigenvalue weighted by Gasteiger charge is 2.19. The number of benzene rings is 1. The van der Waals surface area contributed by atoms with Crippen molar-refractivity contribution in [3.8, 4) is 5.75 Å². The average Bonchev–Trinajstić information content (AvgIpc) is 2.54. The standard InChI is InChI=1S/C18H29NO.C2H2O4/c1-6-12-19-13-7-8-14-20-17-15(2)10-9-11-16(17)18(3,4)5;3-1(4)2(5)6/h6,9-11,19H,1,7-8,12-14H2,2-5H3;(H,3,4)(H,5,6). The van der Waals surface area contributed by atoms with E-state index in [0.717, 1.165) is 38.3 Å². The molecule has 1 rings (SSSR count). The lowest BCUT2D eigenvalue weighted by Crippen LogP contribution is -2.16. The fourth-order valence-electron chi connectivity index (χ4n) is 2.17. The molecule has 6 heteroatoms. The number of ether oxygens (including phenoxy) is 1. The van der Waals surface area contributed by atoms with Crippen LogP contribution in [-0.4, -0.2) is 41.8 Å². The Balaban J connectivity index is 0.000000896. The topological polar surface area (TPSA) is 95.9 Å². The second kappa shape index (κ2) is 12.1. The largest absolute Gasteiger partial charge is 0.493 e. The Labute approximate surface area is 155 Å². The van der Waals surface area contributed by atoms with Gasteiger partial charge in [-0.3, -0.25) is 0 Å². The fourth-order valence-corrected chi connectivity index (χ4v) is 2.17. The van der Waals surface area contributed by atoms with Crippen molar-refractivity contribution in [3.05, 3.63) is 42.0 Å². The number of unbranched alkanes of at least 4 members (excludes halogenated alkanes) is 1. The molecule has 0 aromatic heterocycles. The van der Waals surface area contributed by atoms with Crippen LogP contribution in [0.3, 0.4) is 0 Å². The van der Waals surface area contributed by atoms with E-state index in [0.29, 0.717) is 0 Å². The first kappa shape index (κ1) is 23.7. The predicted octanol–water partition coefficient (Wildman–Crippen LogP) is 3.38. The lowest BCUT2D eigenvalue weighted by molar-refractivity contribution is -0.159. The van der Waals surface area contributed by atoms with Crippen LogP contribution in [0.25, 0.3) is 0 Å². The lowest BCUT2D eigenvalue weighted by Gasteiger charge is -2.24. The smallest absolute Gasteiger partial charge is 0.414 e. The zero-order chi connectivity index (χ0) is 20.2. The van der Waals surface area contributed by atoms with Crippen molar-refractivity contribution < 1.29 is 24.5 Å². The molecule has 0 saturated heterocycles. The van der Waals surface area contributed by atoms with E-state index >= 15 is 0 Å². The number of carboxylic acid groups (broad SMARTS) is 2. The summed E-state index contributed by atoms with van der Waals surface area (Å²) in [5.41, 5.74) is 2.64. The predicted molar refractivity (Wildman–Crippen MR) is 103 cm³/mol. The minimum Gasteiger partial charge on any atom is -0.493 e. The number of carbonyl (C=O) groups is 2. The summed E-state index contributed by atoms with van der Waals surface area (Å²) in [6.07, 6.45) is 4.09. The Bertz CT molecular complexity index is 578. The van der Waals surface area contributed by atoms with E-state index in [4.69, 9.17) is 24.5 Å². The fraction of sp³-hybridized carbons (Fsp3) is 0.500. The van der Waals surface area contributed by atoms with Gasteiger partial charge in [0.1, 0.15) is 5.75 Å². The highest BCUT2D eigenvalue weighted by molar-refractivity contribution is 6.27. The van der Waals surface area contributed by atoms with Gasteiger partial charge in [0.2, 0.25) is 0 Å². The van der Waals surface area contributed by atoms with Gasteiger partial charge in [-0.05, 0) is 42.9 Å². The van der Waals surface area contributed by atoms with Crippen LogP contribution in [0.5, 0.6) is 5.75 Å². The minimum atomic E-state index is -1.82. The van der Waals surface area contributed by atoms with Gasteiger partial charge in [0.05, 0.1) is 6.61 Å². The molecule has 146 valence electrons. The molecule has 0 radical (unpaired) electrons. The highest BCUT2D eigenvalue weighted by Crippen LogP contribution is 2.33. The second-order valence-corrected chi connectivity index (χ2v) is 6.86. The summed E-state index contributed by atoms with van der Waals surface area (Å²) in [4.78, 5) is 18.2. The SMILES string of the molecule is C=CCNCCCCOc1c(C)cccc1C(C)(C)C.O=C(O)C(=O)O. The van der Waals surface area contributed by atoms with Crippen LogP contribution in [-0.2, 0) is 15.0 Å². The van der Waals surface area contributed by atoms with Crippen molar-refractivity contribution in [2.75, 3.05) is 19.7 Å². The van der Waals surface area contributed by atoms with E-state index in [-0.39, 0.29) is 5.41 Å². The number of carboxylic acids is 2. The van der Waals surface area contributed by atoms with Crippen LogP contribution >= 0.6 is 0 Å². The zero-order valence-electron chi connectivity index (χ0n) is 16.2. The van der Waals surface area contributed by atoms with Gasteiger partial charge in [-0.25, -0.2) is 9.59 Å². The van der Waals surface area contributed by atoms with Gasteiger partial charge in [-0.2, -0.15) is 0 Å². The maximum Gasteiger partial charge on any atom is 0.414 e.